The summed E-state index contributed by atoms with van der Waals surface area (Å²) < 4.78 is 0. The van der Waals surface area contributed by atoms with Crippen LogP contribution in [0.5, 0.6) is 0 Å². The van der Waals surface area contributed by atoms with Crippen molar-refractivity contribution >= 4 is 11.6 Å². The number of nitrogen functional groups attached to an aromatic ring is 1. The SMILES string of the molecule is CCN(CCC#N)C(=O)c1ccccc1N. The smallest absolute Gasteiger partial charge is 0.255 e. The van der Waals surface area contributed by atoms with Crippen molar-refractivity contribution in [3.63, 3.8) is 0 Å². The molecule has 0 bridgehead atoms. The average molecular weight is 217 g/mol. The maximum atomic E-state index is 12.0. The van der Waals surface area contributed by atoms with E-state index in [0.29, 0.717) is 30.8 Å². The molecule has 84 valence electrons. The van der Waals surface area contributed by atoms with Crippen LogP contribution in [0.25, 0.3) is 0 Å². The van der Waals surface area contributed by atoms with E-state index in [9.17, 15) is 4.79 Å². The Hall–Kier alpha value is -2.02. The normalized spacial score (nSPS) is 9.50. The molecule has 4 nitrogen and oxygen atoms in total. The van der Waals surface area contributed by atoms with Crippen LogP contribution >= 0.6 is 0 Å². The number of nitriles is 1. The summed E-state index contributed by atoms with van der Waals surface area (Å²) in [7, 11) is 0. The summed E-state index contributed by atoms with van der Waals surface area (Å²) in [4.78, 5) is 13.7. The molecule has 0 saturated carbocycles. The van der Waals surface area contributed by atoms with Crippen molar-refractivity contribution in [1.29, 1.82) is 5.26 Å². The third-order valence-electron chi connectivity index (χ3n) is 2.35. The Kier molecular flexibility index (Phi) is 4.34. The second-order valence-electron chi connectivity index (χ2n) is 3.38. The van der Waals surface area contributed by atoms with Crippen molar-refractivity contribution in [3.05, 3.63) is 29.8 Å². The topological polar surface area (TPSA) is 70.1 Å². The van der Waals surface area contributed by atoms with Gasteiger partial charge in [0.1, 0.15) is 0 Å². The number of amides is 1. The van der Waals surface area contributed by atoms with E-state index in [2.05, 4.69) is 0 Å². The van der Waals surface area contributed by atoms with Gasteiger partial charge in [-0.05, 0) is 19.1 Å². The summed E-state index contributed by atoms with van der Waals surface area (Å²) >= 11 is 0. The number of carbonyl (C=O) groups is 1. The summed E-state index contributed by atoms with van der Waals surface area (Å²) in [6.07, 6.45) is 0.340. The van der Waals surface area contributed by atoms with E-state index >= 15 is 0 Å². The predicted octanol–water partition coefficient (Wildman–Crippen LogP) is 1.64. The zero-order valence-corrected chi connectivity index (χ0v) is 9.31. The van der Waals surface area contributed by atoms with Gasteiger partial charge in [-0.1, -0.05) is 12.1 Å². The van der Waals surface area contributed by atoms with Crippen LogP contribution in [0.15, 0.2) is 24.3 Å². The summed E-state index contributed by atoms with van der Waals surface area (Å²) in [5.41, 5.74) is 6.71. The van der Waals surface area contributed by atoms with Gasteiger partial charge in [-0.25, -0.2) is 0 Å². The van der Waals surface area contributed by atoms with E-state index in [-0.39, 0.29) is 5.91 Å². The Morgan fingerprint density at radius 2 is 2.19 bits per heavy atom. The molecule has 1 aromatic carbocycles. The van der Waals surface area contributed by atoms with E-state index in [1.807, 2.05) is 13.0 Å². The molecule has 0 fully saturated rings. The minimum Gasteiger partial charge on any atom is -0.398 e. The monoisotopic (exact) mass is 217 g/mol. The van der Waals surface area contributed by atoms with Crippen molar-refractivity contribution in [2.75, 3.05) is 18.8 Å². The van der Waals surface area contributed by atoms with Gasteiger partial charge in [0.05, 0.1) is 18.1 Å². The molecule has 0 spiro atoms. The van der Waals surface area contributed by atoms with Gasteiger partial charge in [-0.15, -0.1) is 0 Å². The highest BCUT2D eigenvalue weighted by molar-refractivity contribution is 5.99. The lowest BCUT2D eigenvalue weighted by atomic mass is 10.1. The molecular formula is C12H15N3O. The van der Waals surface area contributed by atoms with E-state index in [0.717, 1.165) is 0 Å². The van der Waals surface area contributed by atoms with Crippen molar-refractivity contribution in [2.45, 2.75) is 13.3 Å². The zero-order chi connectivity index (χ0) is 12.0. The van der Waals surface area contributed by atoms with Gasteiger partial charge in [0.15, 0.2) is 0 Å². The zero-order valence-electron chi connectivity index (χ0n) is 9.31. The van der Waals surface area contributed by atoms with Crippen LogP contribution < -0.4 is 5.73 Å². The molecule has 1 amide bonds. The average Bonchev–Trinajstić information content (AvgIpc) is 2.30. The third kappa shape index (κ3) is 2.74. The number of para-hydroxylation sites is 1. The van der Waals surface area contributed by atoms with Crippen LogP contribution in [-0.2, 0) is 0 Å². The molecule has 0 aliphatic rings. The fraction of sp³-hybridized carbons (Fsp3) is 0.333. The van der Waals surface area contributed by atoms with Crippen molar-refractivity contribution in [1.82, 2.24) is 4.90 Å². The highest BCUT2D eigenvalue weighted by atomic mass is 16.2. The van der Waals surface area contributed by atoms with Gasteiger partial charge in [0.2, 0.25) is 0 Å². The van der Waals surface area contributed by atoms with Gasteiger partial charge < -0.3 is 10.6 Å². The number of benzene rings is 1. The van der Waals surface area contributed by atoms with Crippen LogP contribution in [0.4, 0.5) is 5.69 Å². The lowest BCUT2D eigenvalue weighted by Gasteiger charge is -2.20. The number of carbonyl (C=O) groups excluding carboxylic acids is 1. The Balaban J connectivity index is 2.84. The number of nitrogens with two attached hydrogens (primary N) is 1. The number of nitrogens with zero attached hydrogens (tertiary/aromatic N) is 2. The molecule has 0 saturated heterocycles. The lowest BCUT2D eigenvalue weighted by Crippen LogP contribution is -2.32. The van der Waals surface area contributed by atoms with E-state index < -0.39 is 0 Å². The van der Waals surface area contributed by atoms with Crippen molar-refractivity contribution in [3.8, 4) is 6.07 Å². The molecular weight excluding hydrogens is 202 g/mol. The molecule has 2 N–H and O–H groups in total. The first-order chi connectivity index (χ1) is 7.70. The van der Waals surface area contributed by atoms with Crippen LogP contribution in [0.2, 0.25) is 0 Å². The summed E-state index contributed by atoms with van der Waals surface area (Å²) in [6, 6.07) is 9.00. The maximum Gasteiger partial charge on any atom is 0.255 e. The number of hydrogen-bond acceptors (Lipinski definition) is 3. The van der Waals surface area contributed by atoms with Gasteiger partial charge in [0.25, 0.3) is 5.91 Å². The van der Waals surface area contributed by atoms with Crippen LogP contribution in [-0.4, -0.2) is 23.9 Å². The molecule has 0 atom stereocenters. The minimum atomic E-state index is -0.115. The lowest BCUT2D eigenvalue weighted by molar-refractivity contribution is 0.0769. The van der Waals surface area contributed by atoms with E-state index in [1.165, 1.54) is 0 Å². The van der Waals surface area contributed by atoms with Crippen molar-refractivity contribution in [2.24, 2.45) is 0 Å². The van der Waals surface area contributed by atoms with Gasteiger partial charge in [-0.2, -0.15) is 5.26 Å². The second kappa shape index (κ2) is 5.76. The Morgan fingerprint density at radius 3 is 2.75 bits per heavy atom. The highest BCUT2D eigenvalue weighted by Crippen LogP contribution is 2.13. The first-order valence-corrected chi connectivity index (χ1v) is 5.21. The molecule has 0 radical (unpaired) electrons. The van der Waals surface area contributed by atoms with Crippen LogP contribution in [0.3, 0.4) is 0 Å². The molecule has 1 rings (SSSR count). The molecule has 0 aliphatic carbocycles. The minimum absolute atomic E-state index is 0.115. The molecule has 0 unspecified atom stereocenters. The highest BCUT2D eigenvalue weighted by Gasteiger charge is 2.15. The standard InChI is InChI=1S/C12H15N3O/c1-2-15(9-5-8-13)12(16)10-6-3-4-7-11(10)14/h3-4,6-7H,2,5,9,14H2,1H3. The van der Waals surface area contributed by atoms with Crippen LogP contribution in [0.1, 0.15) is 23.7 Å². The largest absolute Gasteiger partial charge is 0.398 e. The molecule has 0 heterocycles. The maximum absolute atomic E-state index is 12.0. The molecule has 1 aromatic rings. The molecule has 0 aliphatic heterocycles. The van der Waals surface area contributed by atoms with Gasteiger partial charge in [-0.3, -0.25) is 4.79 Å². The van der Waals surface area contributed by atoms with Crippen LogP contribution in [0, 0.1) is 11.3 Å². The molecule has 0 aromatic heterocycles. The fourth-order valence-electron chi connectivity index (χ4n) is 1.45. The first-order valence-electron chi connectivity index (χ1n) is 5.21. The number of hydrogen-bond donors (Lipinski definition) is 1. The summed E-state index contributed by atoms with van der Waals surface area (Å²) in [5, 5.41) is 8.50. The first kappa shape index (κ1) is 12.1. The van der Waals surface area contributed by atoms with Gasteiger partial charge in [0, 0.05) is 18.8 Å². The quantitative estimate of drug-likeness (QED) is 0.779. The van der Waals surface area contributed by atoms with Gasteiger partial charge >= 0.3 is 0 Å². The van der Waals surface area contributed by atoms with E-state index in [1.54, 1.807) is 29.2 Å². The summed E-state index contributed by atoms with van der Waals surface area (Å²) in [6.45, 7) is 2.91. The summed E-state index contributed by atoms with van der Waals surface area (Å²) in [5.74, 6) is -0.115. The number of rotatable bonds is 4. The number of anilines is 1. The second-order valence-corrected chi connectivity index (χ2v) is 3.38. The Bertz CT molecular complexity index is 409. The van der Waals surface area contributed by atoms with E-state index in [4.69, 9.17) is 11.0 Å². The van der Waals surface area contributed by atoms with Crippen molar-refractivity contribution < 1.29 is 4.79 Å². The molecule has 4 heteroatoms. The third-order valence-corrected chi connectivity index (χ3v) is 2.35. The Labute approximate surface area is 95.3 Å². The Morgan fingerprint density at radius 1 is 1.50 bits per heavy atom. The molecule has 16 heavy (non-hydrogen) atoms. The fourth-order valence-corrected chi connectivity index (χ4v) is 1.45. The predicted molar refractivity (Wildman–Crippen MR) is 62.7 cm³/mol.